The first-order valence-electron chi connectivity index (χ1n) is 7.16. The van der Waals surface area contributed by atoms with E-state index < -0.39 is 6.09 Å². The number of nitrogen functional groups attached to an aromatic ring is 1. The van der Waals surface area contributed by atoms with Crippen LogP contribution in [-0.2, 0) is 4.74 Å². The van der Waals surface area contributed by atoms with Crippen molar-refractivity contribution in [3.8, 4) is 0 Å². The van der Waals surface area contributed by atoms with Crippen LogP contribution in [0.25, 0.3) is 10.9 Å². The van der Waals surface area contributed by atoms with Crippen molar-refractivity contribution in [1.29, 1.82) is 0 Å². The highest BCUT2D eigenvalue weighted by molar-refractivity contribution is 6.19. The fraction of sp³-hybridized carbons (Fsp3) is 0.118. The maximum absolute atomic E-state index is 12.8. The molecule has 2 N–H and O–H groups in total. The number of para-hydroxylation sites is 1. The Balaban J connectivity index is 2.17. The van der Waals surface area contributed by atoms with E-state index in [-0.39, 0.29) is 18.2 Å². The summed E-state index contributed by atoms with van der Waals surface area (Å²) in [6, 6.07) is 10.4. The minimum absolute atomic E-state index is 0.158. The number of benzene rings is 1. The van der Waals surface area contributed by atoms with Crippen LogP contribution >= 0.6 is 0 Å². The molecule has 0 aliphatic carbocycles. The van der Waals surface area contributed by atoms with Gasteiger partial charge in [0.1, 0.15) is 5.82 Å². The average molecular weight is 309 g/mol. The van der Waals surface area contributed by atoms with Crippen LogP contribution in [0.1, 0.15) is 22.8 Å². The number of hydrogen-bond donors (Lipinski definition) is 1. The number of carbonyl (C=O) groups excluding carboxylic acids is 2. The Morgan fingerprint density at radius 2 is 1.96 bits per heavy atom. The van der Waals surface area contributed by atoms with Gasteiger partial charge < -0.3 is 10.5 Å². The van der Waals surface area contributed by atoms with Gasteiger partial charge in [0.25, 0.3) is 0 Å². The maximum Gasteiger partial charge on any atom is 0.418 e. The van der Waals surface area contributed by atoms with Crippen LogP contribution in [0, 0.1) is 0 Å². The van der Waals surface area contributed by atoms with Gasteiger partial charge in [0, 0.05) is 23.3 Å². The van der Waals surface area contributed by atoms with Crippen LogP contribution in [0.3, 0.4) is 0 Å². The molecule has 0 aliphatic rings. The predicted molar refractivity (Wildman–Crippen MR) is 86.4 cm³/mol. The second kappa shape index (κ2) is 5.92. The fourth-order valence-corrected chi connectivity index (χ4v) is 2.46. The Morgan fingerprint density at radius 3 is 2.70 bits per heavy atom. The van der Waals surface area contributed by atoms with Crippen molar-refractivity contribution < 1.29 is 14.3 Å². The van der Waals surface area contributed by atoms with Gasteiger partial charge in [0.05, 0.1) is 17.7 Å². The molecule has 0 spiro atoms. The van der Waals surface area contributed by atoms with Gasteiger partial charge >= 0.3 is 6.09 Å². The van der Waals surface area contributed by atoms with Gasteiger partial charge in [0.15, 0.2) is 5.78 Å². The quantitative estimate of drug-likeness (QED) is 0.752. The lowest BCUT2D eigenvalue weighted by molar-refractivity contribution is 0.104. The zero-order valence-electron chi connectivity index (χ0n) is 12.5. The van der Waals surface area contributed by atoms with Crippen molar-refractivity contribution in [2.24, 2.45) is 0 Å². The van der Waals surface area contributed by atoms with Crippen LogP contribution in [0.5, 0.6) is 0 Å². The van der Waals surface area contributed by atoms with E-state index in [4.69, 9.17) is 10.5 Å². The molecule has 2 aromatic heterocycles. The van der Waals surface area contributed by atoms with Crippen molar-refractivity contribution in [3.63, 3.8) is 0 Å². The van der Waals surface area contributed by atoms with Gasteiger partial charge in [-0.15, -0.1) is 0 Å². The molecule has 0 atom stereocenters. The number of fused-ring (bicyclic) bond motifs is 1. The van der Waals surface area contributed by atoms with Crippen molar-refractivity contribution in [1.82, 2.24) is 9.55 Å². The topological polar surface area (TPSA) is 87.2 Å². The zero-order chi connectivity index (χ0) is 16.4. The largest absolute Gasteiger partial charge is 0.449 e. The molecule has 0 fully saturated rings. The molecule has 0 bridgehead atoms. The fourth-order valence-electron chi connectivity index (χ4n) is 2.46. The average Bonchev–Trinajstić information content (AvgIpc) is 2.95. The second-order valence-corrected chi connectivity index (χ2v) is 4.89. The molecule has 1 aromatic carbocycles. The molecule has 0 radical (unpaired) electrons. The second-order valence-electron chi connectivity index (χ2n) is 4.89. The summed E-state index contributed by atoms with van der Waals surface area (Å²) in [7, 11) is 0. The molecule has 0 amide bonds. The monoisotopic (exact) mass is 309 g/mol. The molecule has 0 unspecified atom stereocenters. The Hall–Kier alpha value is -3.15. The van der Waals surface area contributed by atoms with Crippen LogP contribution in [0.15, 0.2) is 48.8 Å². The summed E-state index contributed by atoms with van der Waals surface area (Å²) in [5.74, 6) is -0.125. The van der Waals surface area contributed by atoms with Gasteiger partial charge in [-0.2, -0.15) is 0 Å². The lowest BCUT2D eigenvalue weighted by Crippen LogP contribution is -2.12. The molecule has 0 saturated carbocycles. The Morgan fingerprint density at radius 1 is 1.17 bits per heavy atom. The van der Waals surface area contributed by atoms with E-state index in [1.807, 2.05) is 0 Å². The number of anilines is 1. The van der Waals surface area contributed by atoms with E-state index in [0.717, 1.165) is 0 Å². The highest BCUT2D eigenvalue weighted by Crippen LogP contribution is 2.25. The van der Waals surface area contributed by atoms with Crippen LogP contribution in [0.2, 0.25) is 0 Å². The van der Waals surface area contributed by atoms with E-state index in [0.29, 0.717) is 22.0 Å². The molecule has 0 aliphatic heterocycles. The van der Waals surface area contributed by atoms with Gasteiger partial charge in [-0.05, 0) is 25.1 Å². The molecule has 2 heterocycles. The molecule has 0 saturated heterocycles. The number of ether oxygens (including phenoxy) is 1. The number of aromatic nitrogens is 2. The Labute approximate surface area is 132 Å². The summed E-state index contributed by atoms with van der Waals surface area (Å²) < 4.78 is 6.37. The third-order valence-electron chi connectivity index (χ3n) is 3.50. The predicted octanol–water partition coefficient (Wildman–Crippen LogP) is 2.85. The molecule has 6 heteroatoms. The summed E-state index contributed by atoms with van der Waals surface area (Å²) in [5.41, 5.74) is 7.08. The number of pyridine rings is 1. The normalized spacial score (nSPS) is 10.7. The van der Waals surface area contributed by atoms with E-state index in [1.165, 1.54) is 17.0 Å². The number of hydrogen-bond acceptors (Lipinski definition) is 5. The lowest BCUT2D eigenvalue weighted by Gasteiger charge is -2.03. The first-order chi connectivity index (χ1) is 11.1. The first kappa shape index (κ1) is 14.8. The number of nitrogens with zero attached hydrogens (tertiary/aromatic N) is 2. The van der Waals surface area contributed by atoms with Crippen LogP contribution < -0.4 is 5.73 Å². The summed E-state index contributed by atoms with van der Waals surface area (Å²) in [4.78, 5) is 28.8. The number of rotatable bonds is 3. The molecular weight excluding hydrogens is 294 g/mol. The highest BCUT2D eigenvalue weighted by atomic mass is 16.5. The number of ketones is 1. The molecule has 6 nitrogen and oxygen atoms in total. The molecule has 3 aromatic rings. The SMILES string of the molecule is CCOC(=O)n1cc(C(=O)c2cccnc2N)c2ccccc21. The number of carbonyl (C=O) groups is 2. The number of nitrogens with two attached hydrogens (primary N) is 1. The maximum atomic E-state index is 12.8. The Kier molecular flexibility index (Phi) is 3.80. The van der Waals surface area contributed by atoms with Gasteiger partial charge in [-0.3, -0.25) is 9.36 Å². The minimum Gasteiger partial charge on any atom is -0.449 e. The van der Waals surface area contributed by atoms with Crippen molar-refractivity contribution >= 4 is 28.6 Å². The molecule has 23 heavy (non-hydrogen) atoms. The highest BCUT2D eigenvalue weighted by Gasteiger charge is 2.21. The molecule has 116 valence electrons. The Bertz CT molecular complexity index is 899. The lowest BCUT2D eigenvalue weighted by atomic mass is 10.0. The van der Waals surface area contributed by atoms with Crippen LogP contribution in [-0.4, -0.2) is 28.0 Å². The molecular formula is C17H15N3O3. The summed E-state index contributed by atoms with van der Waals surface area (Å²) in [6.07, 6.45) is 2.48. The van der Waals surface area contributed by atoms with E-state index in [9.17, 15) is 9.59 Å². The standard InChI is InChI=1S/C17H15N3O3/c1-2-23-17(22)20-10-13(11-6-3-4-8-14(11)20)15(21)12-7-5-9-19-16(12)18/h3-10H,2H2,1H3,(H2,18,19). The molecule has 3 rings (SSSR count). The third kappa shape index (κ3) is 2.55. The van der Waals surface area contributed by atoms with Crippen molar-refractivity contribution in [2.75, 3.05) is 12.3 Å². The minimum atomic E-state index is -0.526. The summed E-state index contributed by atoms with van der Waals surface area (Å²) in [5, 5.41) is 0.661. The van der Waals surface area contributed by atoms with E-state index in [2.05, 4.69) is 4.98 Å². The third-order valence-corrected chi connectivity index (χ3v) is 3.50. The van der Waals surface area contributed by atoms with E-state index >= 15 is 0 Å². The summed E-state index contributed by atoms with van der Waals surface area (Å²) >= 11 is 0. The van der Waals surface area contributed by atoms with Gasteiger partial charge in [-0.1, -0.05) is 18.2 Å². The van der Waals surface area contributed by atoms with Gasteiger partial charge in [0.2, 0.25) is 0 Å². The zero-order valence-corrected chi connectivity index (χ0v) is 12.5. The van der Waals surface area contributed by atoms with Crippen molar-refractivity contribution in [3.05, 3.63) is 59.9 Å². The van der Waals surface area contributed by atoms with Crippen LogP contribution in [0.4, 0.5) is 10.6 Å². The van der Waals surface area contributed by atoms with Gasteiger partial charge in [-0.25, -0.2) is 9.78 Å². The smallest absolute Gasteiger partial charge is 0.418 e. The first-order valence-corrected chi connectivity index (χ1v) is 7.16. The van der Waals surface area contributed by atoms with Crippen molar-refractivity contribution in [2.45, 2.75) is 6.92 Å². The summed E-state index contributed by atoms with van der Waals surface area (Å²) in [6.45, 7) is 1.98. The van der Waals surface area contributed by atoms with E-state index in [1.54, 1.807) is 43.3 Å².